The third kappa shape index (κ3) is 5.24. The van der Waals surface area contributed by atoms with Crippen molar-refractivity contribution in [3.63, 3.8) is 0 Å². The van der Waals surface area contributed by atoms with Crippen LogP contribution in [-0.4, -0.2) is 70.5 Å². The van der Waals surface area contributed by atoms with E-state index >= 15 is 0 Å². The van der Waals surface area contributed by atoms with Gasteiger partial charge in [0.05, 0.1) is 0 Å². The van der Waals surface area contributed by atoms with Gasteiger partial charge in [0.1, 0.15) is 5.82 Å². The minimum absolute atomic E-state index is 0.0874. The summed E-state index contributed by atoms with van der Waals surface area (Å²) in [6, 6.07) is 12.6. The zero-order chi connectivity index (χ0) is 24.2. The Morgan fingerprint density at radius 2 is 1.56 bits per heavy atom. The largest absolute Gasteiger partial charge is 0.338 e. The van der Waals surface area contributed by atoms with Gasteiger partial charge in [-0.2, -0.15) is 0 Å². The lowest BCUT2D eigenvalue weighted by Crippen LogP contribution is -2.59. The Balaban J connectivity index is 1.30. The number of piperidine rings is 1. The summed E-state index contributed by atoms with van der Waals surface area (Å²) in [7, 11) is 0. The molecule has 2 aliphatic rings. The maximum absolute atomic E-state index is 13.1. The lowest BCUT2D eigenvalue weighted by Gasteiger charge is -2.42. The second-order valence-electron chi connectivity index (χ2n) is 8.63. The van der Waals surface area contributed by atoms with Gasteiger partial charge in [0.2, 0.25) is 5.91 Å². The third-order valence-electron chi connectivity index (χ3n) is 6.27. The highest BCUT2D eigenvalue weighted by atomic mass is 19.1. The third-order valence-corrected chi connectivity index (χ3v) is 6.27. The number of likely N-dealkylation sites (tertiary alicyclic amines) is 1. The van der Waals surface area contributed by atoms with Crippen LogP contribution in [0.15, 0.2) is 48.5 Å². The van der Waals surface area contributed by atoms with E-state index in [-0.39, 0.29) is 30.2 Å². The number of nitrogens with one attached hydrogen (secondary N) is 1. The van der Waals surface area contributed by atoms with Crippen molar-refractivity contribution in [1.82, 2.24) is 14.7 Å². The number of amides is 4. The topological polar surface area (TPSA) is 90.0 Å². The quantitative estimate of drug-likeness (QED) is 0.685. The minimum atomic E-state index is -0.548. The molecule has 4 amide bonds. The predicted octanol–water partition coefficient (Wildman–Crippen LogP) is 2.26. The van der Waals surface area contributed by atoms with Gasteiger partial charge in [-0.15, -0.1) is 0 Å². The van der Waals surface area contributed by atoms with E-state index in [1.165, 1.54) is 24.0 Å². The number of halogens is 1. The number of hydrogen-bond acceptors (Lipinski definition) is 4. The summed E-state index contributed by atoms with van der Waals surface area (Å²) in [6.45, 7) is 3.54. The zero-order valence-electron chi connectivity index (χ0n) is 19.0. The Morgan fingerprint density at radius 1 is 0.912 bits per heavy atom. The van der Waals surface area contributed by atoms with Gasteiger partial charge >= 0.3 is 11.8 Å². The standard InChI is InChI=1S/C25H27FN4O4/c1-17(31)27-21-8-4-19(5-9-21)23(32)28-12-10-22(11-13-28)30-15-14-29(24(33)25(30)34)16-18-2-6-20(26)7-3-18/h2-9,22H,10-16H2,1H3,(H,27,31). The molecule has 0 spiro atoms. The Hall–Kier alpha value is -3.75. The van der Waals surface area contributed by atoms with Crippen molar-refractivity contribution < 1.29 is 23.6 Å². The van der Waals surface area contributed by atoms with Crippen molar-refractivity contribution in [2.45, 2.75) is 32.4 Å². The summed E-state index contributed by atoms with van der Waals surface area (Å²) in [6.07, 6.45) is 1.21. The van der Waals surface area contributed by atoms with Crippen LogP contribution in [0.3, 0.4) is 0 Å². The summed E-state index contributed by atoms with van der Waals surface area (Å²) in [5, 5.41) is 2.67. The monoisotopic (exact) mass is 466 g/mol. The van der Waals surface area contributed by atoms with Crippen molar-refractivity contribution in [3.8, 4) is 0 Å². The van der Waals surface area contributed by atoms with Crippen LogP contribution in [0.4, 0.5) is 10.1 Å². The average molecular weight is 467 g/mol. The van der Waals surface area contributed by atoms with Crippen LogP contribution in [0.1, 0.15) is 35.7 Å². The van der Waals surface area contributed by atoms with Crippen LogP contribution < -0.4 is 5.32 Å². The zero-order valence-corrected chi connectivity index (χ0v) is 19.0. The first-order chi connectivity index (χ1) is 16.3. The first-order valence-corrected chi connectivity index (χ1v) is 11.3. The van der Waals surface area contributed by atoms with E-state index in [4.69, 9.17) is 0 Å². The molecule has 178 valence electrons. The molecule has 2 aromatic carbocycles. The number of anilines is 1. The van der Waals surface area contributed by atoms with Crippen LogP contribution in [-0.2, 0) is 20.9 Å². The Labute approximate surface area is 197 Å². The number of benzene rings is 2. The van der Waals surface area contributed by atoms with Crippen molar-refractivity contribution in [3.05, 3.63) is 65.5 Å². The second-order valence-corrected chi connectivity index (χ2v) is 8.63. The highest BCUT2D eigenvalue weighted by molar-refractivity contribution is 6.35. The maximum Gasteiger partial charge on any atom is 0.312 e. The number of hydrogen-bond donors (Lipinski definition) is 1. The molecule has 9 heteroatoms. The van der Waals surface area contributed by atoms with E-state index < -0.39 is 11.8 Å². The van der Waals surface area contributed by atoms with Crippen LogP contribution >= 0.6 is 0 Å². The van der Waals surface area contributed by atoms with Gasteiger partial charge in [0.25, 0.3) is 5.91 Å². The van der Waals surface area contributed by atoms with E-state index in [9.17, 15) is 23.6 Å². The fourth-order valence-electron chi connectivity index (χ4n) is 4.46. The van der Waals surface area contributed by atoms with Crippen molar-refractivity contribution in [2.75, 3.05) is 31.5 Å². The van der Waals surface area contributed by atoms with Crippen molar-refractivity contribution in [1.29, 1.82) is 0 Å². The Bertz CT molecular complexity index is 1080. The van der Waals surface area contributed by atoms with E-state index in [2.05, 4.69) is 5.32 Å². The van der Waals surface area contributed by atoms with Crippen LogP contribution in [0.25, 0.3) is 0 Å². The van der Waals surface area contributed by atoms with Gasteiger partial charge in [-0.3, -0.25) is 19.2 Å². The van der Waals surface area contributed by atoms with Crippen molar-refractivity contribution in [2.24, 2.45) is 0 Å². The fraction of sp³-hybridized carbons (Fsp3) is 0.360. The summed E-state index contributed by atoms with van der Waals surface area (Å²) in [5.74, 6) is -1.69. The molecule has 0 atom stereocenters. The van der Waals surface area contributed by atoms with E-state index in [0.29, 0.717) is 50.3 Å². The first-order valence-electron chi connectivity index (χ1n) is 11.3. The lowest BCUT2D eigenvalue weighted by atomic mass is 10.0. The van der Waals surface area contributed by atoms with E-state index in [1.807, 2.05) is 0 Å². The van der Waals surface area contributed by atoms with Gasteiger partial charge in [-0.25, -0.2) is 4.39 Å². The molecule has 0 radical (unpaired) electrons. The highest BCUT2D eigenvalue weighted by Crippen LogP contribution is 2.22. The molecule has 0 aliphatic carbocycles. The minimum Gasteiger partial charge on any atom is -0.338 e. The average Bonchev–Trinajstić information content (AvgIpc) is 2.83. The van der Waals surface area contributed by atoms with Crippen LogP contribution in [0.2, 0.25) is 0 Å². The molecule has 0 unspecified atom stereocenters. The number of rotatable bonds is 5. The van der Waals surface area contributed by atoms with Gasteiger partial charge in [-0.1, -0.05) is 12.1 Å². The first kappa shape index (κ1) is 23.4. The summed E-state index contributed by atoms with van der Waals surface area (Å²) in [4.78, 5) is 54.3. The Morgan fingerprint density at radius 3 is 2.18 bits per heavy atom. The van der Waals surface area contributed by atoms with Crippen LogP contribution in [0.5, 0.6) is 0 Å². The fourth-order valence-corrected chi connectivity index (χ4v) is 4.46. The normalized spacial score (nSPS) is 17.2. The molecule has 4 rings (SSSR count). The molecule has 0 saturated carbocycles. The summed E-state index contributed by atoms with van der Waals surface area (Å²) >= 11 is 0. The lowest BCUT2D eigenvalue weighted by molar-refractivity contribution is -0.158. The molecular weight excluding hydrogens is 439 g/mol. The van der Waals surface area contributed by atoms with Gasteiger partial charge < -0.3 is 20.0 Å². The number of nitrogens with zero attached hydrogens (tertiary/aromatic N) is 3. The van der Waals surface area contributed by atoms with E-state index in [0.717, 1.165) is 5.56 Å². The number of carbonyl (C=O) groups excluding carboxylic acids is 4. The summed E-state index contributed by atoms with van der Waals surface area (Å²) in [5.41, 5.74) is 1.94. The van der Waals surface area contributed by atoms with Crippen LogP contribution in [0, 0.1) is 5.82 Å². The SMILES string of the molecule is CC(=O)Nc1ccc(C(=O)N2CCC(N3CCN(Cc4ccc(F)cc4)C(=O)C3=O)CC2)cc1. The molecule has 8 nitrogen and oxygen atoms in total. The number of piperazine rings is 1. The summed E-state index contributed by atoms with van der Waals surface area (Å²) < 4.78 is 13.1. The van der Waals surface area contributed by atoms with Gasteiger partial charge in [0, 0.05) is 56.9 Å². The van der Waals surface area contributed by atoms with Gasteiger partial charge in [-0.05, 0) is 54.8 Å². The predicted molar refractivity (Wildman–Crippen MR) is 123 cm³/mol. The second kappa shape index (κ2) is 10.0. The molecule has 34 heavy (non-hydrogen) atoms. The molecule has 1 N–H and O–H groups in total. The number of carbonyl (C=O) groups is 4. The smallest absolute Gasteiger partial charge is 0.312 e. The molecule has 2 aliphatic heterocycles. The van der Waals surface area contributed by atoms with Gasteiger partial charge in [0.15, 0.2) is 0 Å². The molecule has 0 aromatic heterocycles. The Kier molecular flexibility index (Phi) is 6.90. The maximum atomic E-state index is 13.1. The van der Waals surface area contributed by atoms with E-state index in [1.54, 1.807) is 46.2 Å². The molecule has 0 bridgehead atoms. The molecule has 2 fully saturated rings. The van der Waals surface area contributed by atoms with Crippen molar-refractivity contribution >= 4 is 29.3 Å². The molecule has 2 heterocycles. The highest BCUT2D eigenvalue weighted by Gasteiger charge is 2.38. The molecule has 2 saturated heterocycles. The molecular formula is C25H27FN4O4. The molecule has 2 aromatic rings.